The summed E-state index contributed by atoms with van der Waals surface area (Å²) < 4.78 is 18.5. The summed E-state index contributed by atoms with van der Waals surface area (Å²) in [4.78, 5) is 13.0. The molecule has 1 aromatic heterocycles. The van der Waals surface area contributed by atoms with E-state index in [0.717, 1.165) is 44.4 Å². The predicted octanol–water partition coefficient (Wildman–Crippen LogP) is 6.67. The number of anilines is 1. The van der Waals surface area contributed by atoms with Crippen LogP contribution in [0, 0.1) is 27.7 Å². The Hall–Kier alpha value is -3.97. The zero-order chi connectivity index (χ0) is 27.4. The van der Waals surface area contributed by atoms with E-state index in [1.54, 1.807) is 26.4 Å². The van der Waals surface area contributed by atoms with Crippen molar-refractivity contribution in [2.45, 2.75) is 40.8 Å². The molecule has 0 aliphatic carbocycles. The minimum atomic E-state index is -0.196. The van der Waals surface area contributed by atoms with Gasteiger partial charge < -0.3 is 19.5 Å². The van der Waals surface area contributed by atoms with E-state index in [1.165, 1.54) is 0 Å². The van der Waals surface area contributed by atoms with Gasteiger partial charge in [0.1, 0.15) is 12.4 Å². The van der Waals surface area contributed by atoms with Crippen LogP contribution in [0.3, 0.4) is 0 Å². The van der Waals surface area contributed by atoms with Crippen LogP contribution in [0.4, 0.5) is 5.69 Å². The fraction of sp³-hybridized carbons (Fsp3) is 0.267. The molecular weight excluding hydrogens is 502 g/mol. The standard InChI is InChI=1S/C30H32ClN3O4/c1-18-13-25(14-19(2)28(18)31)38-17-22-7-10-24(11-8-22)30(35)32-29-20(3)33-34(21(29)4)16-23-9-12-26(36-5)27(15-23)37-6/h7-15H,16-17H2,1-6H3,(H,32,35). The van der Waals surface area contributed by atoms with Gasteiger partial charge in [-0.1, -0.05) is 29.8 Å². The molecule has 3 aromatic carbocycles. The number of halogens is 1. The lowest BCUT2D eigenvalue weighted by molar-refractivity contribution is 0.102. The van der Waals surface area contributed by atoms with Crippen LogP contribution in [0.2, 0.25) is 5.02 Å². The summed E-state index contributed by atoms with van der Waals surface area (Å²) in [5.74, 6) is 1.90. The molecule has 7 nitrogen and oxygen atoms in total. The molecule has 1 amide bonds. The number of aryl methyl sites for hydroxylation is 3. The van der Waals surface area contributed by atoms with E-state index in [2.05, 4.69) is 10.4 Å². The van der Waals surface area contributed by atoms with Gasteiger partial charge in [-0.15, -0.1) is 0 Å². The van der Waals surface area contributed by atoms with Crippen molar-refractivity contribution in [2.24, 2.45) is 0 Å². The van der Waals surface area contributed by atoms with E-state index in [1.807, 2.05) is 74.8 Å². The molecule has 198 valence electrons. The molecule has 0 aliphatic heterocycles. The van der Waals surface area contributed by atoms with Crippen molar-refractivity contribution in [1.29, 1.82) is 0 Å². The molecule has 4 aromatic rings. The predicted molar refractivity (Wildman–Crippen MR) is 150 cm³/mol. The lowest BCUT2D eigenvalue weighted by Gasteiger charge is -2.11. The number of nitrogens with one attached hydrogen (secondary N) is 1. The number of hydrogen-bond donors (Lipinski definition) is 1. The first-order chi connectivity index (χ1) is 18.2. The van der Waals surface area contributed by atoms with Crippen LogP contribution in [0.15, 0.2) is 54.6 Å². The summed E-state index contributed by atoms with van der Waals surface area (Å²) in [6, 6.07) is 17.0. The van der Waals surface area contributed by atoms with E-state index >= 15 is 0 Å². The Morgan fingerprint density at radius 2 is 1.53 bits per heavy atom. The van der Waals surface area contributed by atoms with Crippen LogP contribution in [-0.2, 0) is 13.2 Å². The minimum absolute atomic E-state index is 0.196. The highest BCUT2D eigenvalue weighted by Gasteiger charge is 2.16. The van der Waals surface area contributed by atoms with Crippen molar-refractivity contribution in [3.8, 4) is 17.2 Å². The third kappa shape index (κ3) is 5.94. The van der Waals surface area contributed by atoms with Gasteiger partial charge in [-0.3, -0.25) is 9.48 Å². The molecule has 0 aliphatic rings. The monoisotopic (exact) mass is 533 g/mol. The second kappa shape index (κ2) is 11.6. The molecule has 0 saturated heterocycles. The average molecular weight is 534 g/mol. The zero-order valence-corrected chi connectivity index (χ0v) is 23.3. The van der Waals surface area contributed by atoms with Gasteiger partial charge >= 0.3 is 0 Å². The van der Waals surface area contributed by atoms with Crippen molar-refractivity contribution in [3.05, 3.63) is 98.8 Å². The highest BCUT2D eigenvalue weighted by Crippen LogP contribution is 2.29. The van der Waals surface area contributed by atoms with Crippen molar-refractivity contribution >= 4 is 23.2 Å². The maximum Gasteiger partial charge on any atom is 0.255 e. The van der Waals surface area contributed by atoms with E-state index in [-0.39, 0.29) is 5.91 Å². The Labute approximate surface area is 228 Å². The summed E-state index contributed by atoms with van der Waals surface area (Å²) in [6.07, 6.45) is 0. The number of nitrogens with zero attached hydrogens (tertiary/aromatic N) is 2. The molecule has 0 bridgehead atoms. The number of rotatable bonds is 9. The minimum Gasteiger partial charge on any atom is -0.493 e. The molecule has 4 rings (SSSR count). The van der Waals surface area contributed by atoms with Crippen LogP contribution in [-0.4, -0.2) is 29.9 Å². The molecule has 0 saturated carbocycles. The van der Waals surface area contributed by atoms with Gasteiger partial charge in [-0.2, -0.15) is 5.10 Å². The molecule has 0 spiro atoms. The van der Waals surface area contributed by atoms with Gasteiger partial charge in [0.2, 0.25) is 0 Å². The Morgan fingerprint density at radius 3 is 2.16 bits per heavy atom. The van der Waals surface area contributed by atoms with Crippen LogP contribution in [0.5, 0.6) is 17.2 Å². The zero-order valence-electron chi connectivity index (χ0n) is 22.5. The molecular formula is C30H32ClN3O4. The second-order valence-electron chi connectivity index (χ2n) is 9.20. The summed E-state index contributed by atoms with van der Waals surface area (Å²) in [6.45, 7) is 8.66. The van der Waals surface area contributed by atoms with Crippen LogP contribution in [0.25, 0.3) is 0 Å². The fourth-order valence-electron chi connectivity index (χ4n) is 4.28. The Morgan fingerprint density at radius 1 is 0.895 bits per heavy atom. The first-order valence-electron chi connectivity index (χ1n) is 12.2. The smallest absolute Gasteiger partial charge is 0.255 e. The van der Waals surface area contributed by atoms with E-state index in [0.29, 0.717) is 35.9 Å². The Bertz CT molecular complexity index is 1440. The van der Waals surface area contributed by atoms with Crippen molar-refractivity contribution in [1.82, 2.24) is 9.78 Å². The molecule has 38 heavy (non-hydrogen) atoms. The molecule has 0 unspecified atom stereocenters. The van der Waals surface area contributed by atoms with Crippen LogP contribution >= 0.6 is 11.6 Å². The third-order valence-corrected chi connectivity index (χ3v) is 7.03. The highest BCUT2D eigenvalue weighted by molar-refractivity contribution is 6.32. The number of carbonyl (C=O) groups is 1. The maximum absolute atomic E-state index is 13.0. The van der Waals surface area contributed by atoms with Gasteiger partial charge in [-0.25, -0.2) is 0 Å². The van der Waals surface area contributed by atoms with E-state index < -0.39 is 0 Å². The summed E-state index contributed by atoms with van der Waals surface area (Å²) in [7, 11) is 3.22. The largest absolute Gasteiger partial charge is 0.493 e. The number of hydrogen-bond acceptors (Lipinski definition) is 5. The van der Waals surface area contributed by atoms with Crippen molar-refractivity contribution in [2.75, 3.05) is 19.5 Å². The fourth-order valence-corrected chi connectivity index (χ4v) is 4.39. The lowest BCUT2D eigenvalue weighted by Crippen LogP contribution is -2.13. The number of benzene rings is 3. The topological polar surface area (TPSA) is 74.6 Å². The summed E-state index contributed by atoms with van der Waals surface area (Å²) in [5.41, 5.74) is 6.79. The molecule has 0 fully saturated rings. The first kappa shape index (κ1) is 27.1. The molecule has 0 atom stereocenters. The SMILES string of the molecule is COc1ccc(Cn2nc(C)c(NC(=O)c3ccc(COc4cc(C)c(Cl)c(C)c4)cc3)c2C)cc1OC. The van der Waals surface area contributed by atoms with Gasteiger partial charge in [0.15, 0.2) is 11.5 Å². The van der Waals surface area contributed by atoms with Crippen LogP contribution < -0.4 is 19.5 Å². The molecule has 0 radical (unpaired) electrons. The number of aromatic nitrogens is 2. The molecule has 8 heteroatoms. The Kier molecular flexibility index (Phi) is 8.27. The quantitative estimate of drug-likeness (QED) is 0.260. The number of amides is 1. The van der Waals surface area contributed by atoms with Crippen molar-refractivity contribution in [3.63, 3.8) is 0 Å². The van der Waals surface area contributed by atoms with E-state index in [4.69, 9.17) is 25.8 Å². The number of carbonyl (C=O) groups excluding carboxylic acids is 1. The highest BCUT2D eigenvalue weighted by atomic mass is 35.5. The van der Waals surface area contributed by atoms with Gasteiger partial charge in [0.25, 0.3) is 5.91 Å². The van der Waals surface area contributed by atoms with Gasteiger partial charge in [0.05, 0.1) is 37.8 Å². The Balaban J connectivity index is 1.41. The molecule has 1 N–H and O–H groups in total. The second-order valence-corrected chi connectivity index (χ2v) is 9.58. The van der Waals surface area contributed by atoms with E-state index in [9.17, 15) is 4.79 Å². The van der Waals surface area contributed by atoms with Gasteiger partial charge in [-0.05, 0) is 86.3 Å². The van der Waals surface area contributed by atoms with Crippen molar-refractivity contribution < 1.29 is 19.0 Å². The van der Waals surface area contributed by atoms with Crippen LogP contribution in [0.1, 0.15) is 44.0 Å². The number of ether oxygens (including phenoxy) is 3. The summed E-state index contributed by atoms with van der Waals surface area (Å²) >= 11 is 6.24. The lowest BCUT2D eigenvalue weighted by atomic mass is 10.1. The normalized spacial score (nSPS) is 10.8. The third-order valence-electron chi connectivity index (χ3n) is 6.43. The molecule has 1 heterocycles. The first-order valence-corrected chi connectivity index (χ1v) is 12.6. The van der Waals surface area contributed by atoms with Gasteiger partial charge in [0, 0.05) is 10.6 Å². The summed E-state index contributed by atoms with van der Waals surface area (Å²) in [5, 5.41) is 8.42. The average Bonchev–Trinajstić information content (AvgIpc) is 3.17. The maximum atomic E-state index is 13.0. The number of methoxy groups -OCH3 is 2.